The molecule has 0 saturated carbocycles. The molecule has 3 aromatic rings. The Morgan fingerprint density at radius 2 is 1.73 bits per heavy atom. The second-order valence-electron chi connectivity index (χ2n) is 9.39. The molecule has 2 aromatic carbocycles. The first-order chi connectivity index (χ1) is 14.3. The summed E-state index contributed by atoms with van der Waals surface area (Å²) in [5, 5.41) is 7.14. The fourth-order valence-electron chi connectivity index (χ4n) is 4.12. The molecule has 0 radical (unpaired) electrons. The maximum atomic E-state index is 13.2. The molecule has 1 fully saturated rings. The van der Waals surface area contributed by atoms with Gasteiger partial charge in [0.15, 0.2) is 0 Å². The molecule has 4 rings (SSSR count). The summed E-state index contributed by atoms with van der Waals surface area (Å²) in [6, 6.07) is 17.2. The van der Waals surface area contributed by atoms with E-state index in [1.54, 1.807) is 4.68 Å². The van der Waals surface area contributed by atoms with E-state index in [0.717, 1.165) is 44.8 Å². The number of carbonyl (C=O) groups excluding carboxylic acids is 1. The quantitative estimate of drug-likeness (QED) is 0.656. The van der Waals surface area contributed by atoms with Crippen LogP contribution in [0.3, 0.4) is 0 Å². The van der Waals surface area contributed by atoms with E-state index >= 15 is 0 Å². The number of amides is 1. The van der Waals surface area contributed by atoms with Gasteiger partial charge in [-0.25, -0.2) is 0 Å². The van der Waals surface area contributed by atoms with Gasteiger partial charge in [0.1, 0.15) is 5.69 Å². The number of rotatable bonds is 3. The van der Waals surface area contributed by atoms with Crippen LogP contribution >= 0.6 is 0 Å². The van der Waals surface area contributed by atoms with Crippen LogP contribution in [0.5, 0.6) is 0 Å². The van der Waals surface area contributed by atoms with Crippen LogP contribution in [0.4, 0.5) is 0 Å². The van der Waals surface area contributed by atoms with Gasteiger partial charge in [-0.2, -0.15) is 5.10 Å². The Morgan fingerprint density at radius 1 is 0.967 bits per heavy atom. The molecule has 5 nitrogen and oxygen atoms in total. The number of hydrogen-bond acceptors (Lipinski definition) is 3. The minimum Gasteiger partial charge on any atom is -0.336 e. The van der Waals surface area contributed by atoms with Crippen molar-refractivity contribution in [3.63, 3.8) is 0 Å². The third-order valence-electron chi connectivity index (χ3n) is 5.96. The van der Waals surface area contributed by atoms with Crippen LogP contribution in [0.2, 0.25) is 0 Å². The molecule has 0 aliphatic carbocycles. The van der Waals surface area contributed by atoms with Crippen LogP contribution in [0.1, 0.15) is 48.9 Å². The second-order valence-corrected chi connectivity index (χ2v) is 9.39. The molecule has 1 aliphatic heterocycles. The predicted octanol–water partition coefficient (Wildman–Crippen LogP) is 4.22. The van der Waals surface area contributed by atoms with E-state index in [1.165, 1.54) is 16.3 Å². The SMILES string of the molecule is Cn1nc(C(C)(C)C)cc1C(=O)N1CCCN(Cc2ccc3ccccc3c2)CC1. The summed E-state index contributed by atoms with van der Waals surface area (Å²) in [5.41, 5.74) is 2.91. The minimum atomic E-state index is -0.0638. The highest BCUT2D eigenvalue weighted by Gasteiger charge is 2.26. The highest BCUT2D eigenvalue weighted by molar-refractivity contribution is 5.92. The zero-order valence-corrected chi connectivity index (χ0v) is 18.6. The first-order valence-corrected chi connectivity index (χ1v) is 10.8. The standard InChI is InChI=1S/C25H32N4O/c1-25(2,3)23-17-22(27(4)26-23)24(30)29-13-7-12-28(14-15-29)18-19-10-11-20-8-5-6-9-21(20)16-19/h5-6,8-11,16-17H,7,12-15,18H2,1-4H3. The molecule has 0 unspecified atom stereocenters. The number of carbonyl (C=O) groups is 1. The van der Waals surface area contributed by atoms with E-state index in [-0.39, 0.29) is 11.3 Å². The fraction of sp³-hybridized carbons (Fsp3) is 0.440. The summed E-state index contributed by atoms with van der Waals surface area (Å²) in [7, 11) is 1.87. The number of benzene rings is 2. The molecule has 5 heteroatoms. The van der Waals surface area contributed by atoms with Crippen LogP contribution in [0, 0.1) is 0 Å². The largest absolute Gasteiger partial charge is 0.336 e. The lowest BCUT2D eigenvalue weighted by atomic mass is 9.92. The Bertz CT molecular complexity index is 1050. The van der Waals surface area contributed by atoms with Gasteiger partial charge in [-0.05, 0) is 34.9 Å². The van der Waals surface area contributed by atoms with E-state index in [9.17, 15) is 4.79 Å². The van der Waals surface area contributed by atoms with Crippen molar-refractivity contribution in [2.45, 2.75) is 39.2 Å². The lowest BCUT2D eigenvalue weighted by Gasteiger charge is -2.22. The lowest BCUT2D eigenvalue weighted by Crippen LogP contribution is -2.36. The lowest BCUT2D eigenvalue weighted by molar-refractivity contribution is 0.0750. The zero-order chi connectivity index (χ0) is 21.3. The van der Waals surface area contributed by atoms with Gasteiger partial charge in [-0.1, -0.05) is 57.2 Å². The van der Waals surface area contributed by atoms with Crippen LogP contribution in [0.15, 0.2) is 48.5 Å². The smallest absolute Gasteiger partial charge is 0.272 e. The average Bonchev–Trinajstić information content (AvgIpc) is 2.97. The van der Waals surface area contributed by atoms with E-state index < -0.39 is 0 Å². The Hall–Kier alpha value is -2.66. The molecule has 158 valence electrons. The van der Waals surface area contributed by atoms with Crippen molar-refractivity contribution in [3.8, 4) is 0 Å². The predicted molar refractivity (Wildman–Crippen MR) is 122 cm³/mol. The monoisotopic (exact) mass is 404 g/mol. The maximum Gasteiger partial charge on any atom is 0.272 e. The number of fused-ring (bicyclic) bond motifs is 1. The molecule has 1 aliphatic rings. The molecule has 2 heterocycles. The molecule has 0 N–H and O–H groups in total. The van der Waals surface area contributed by atoms with Crippen molar-refractivity contribution in [3.05, 3.63) is 65.5 Å². The van der Waals surface area contributed by atoms with Crippen LogP contribution in [-0.2, 0) is 19.0 Å². The highest BCUT2D eigenvalue weighted by atomic mass is 16.2. The molecule has 1 aromatic heterocycles. The van der Waals surface area contributed by atoms with E-state index in [1.807, 2.05) is 18.0 Å². The molecule has 0 spiro atoms. The molecule has 30 heavy (non-hydrogen) atoms. The summed E-state index contributed by atoms with van der Waals surface area (Å²) in [6.07, 6.45) is 0.989. The Kier molecular flexibility index (Phi) is 5.65. The van der Waals surface area contributed by atoms with Gasteiger partial charge in [0.25, 0.3) is 5.91 Å². The van der Waals surface area contributed by atoms with E-state index in [0.29, 0.717) is 5.69 Å². The third kappa shape index (κ3) is 4.41. The normalized spacial score (nSPS) is 16.1. The van der Waals surface area contributed by atoms with Gasteiger partial charge in [-0.3, -0.25) is 14.4 Å². The van der Waals surface area contributed by atoms with Crippen LogP contribution in [0.25, 0.3) is 10.8 Å². The Morgan fingerprint density at radius 3 is 2.47 bits per heavy atom. The van der Waals surface area contributed by atoms with E-state index in [2.05, 4.69) is 73.2 Å². The number of aromatic nitrogens is 2. The summed E-state index contributed by atoms with van der Waals surface area (Å²) in [4.78, 5) is 17.6. The summed E-state index contributed by atoms with van der Waals surface area (Å²) in [5.74, 6) is 0.0908. The number of hydrogen-bond donors (Lipinski definition) is 0. The Balaban J connectivity index is 1.42. The van der Waals surface area contributed by atoms with E-state index in [4.69, 9.17) is 0 Å². The topological polar surface area (TPSA) is 41.4 Å². The second kappa shape index (κ2) is 8.23. The van der Waals surface area contributed by atoms with Gasteiger partial charge in [-0.15, -0.1) is 0 Å². The van der Waals surface area contributed by atoms with Gasteiger partial charge < -0.3 is 4.90 Å². The van der Waals surface area contributed by atoms with Crippen molar-refractivity contribution < 1.29 is 4.79 Å². The van der Waals surface area contributed by atoms with Crippen molar-refractivity contribution in [2.24, 2.45) is 7.05 Å². The van der Waals surface area contributed by atoms with Gasteiger partial charge >= 0.3 is 0 Å². The van der Waals surface area contributed by atoms with Crippen molar-refractivity contribution >= 4 is 16.7 Å². The van der Waals surface area contributed by atoms with Crippen LogP contribution in [-0.4, -0.2) is 51.7 Å². The fourth-order valence-corrected chi connectivity index (χ4v) is 4.12. The molecular formula is C25H32N4O. The highest BCUT2D eigenvalue weighted by Crippen LogP contribution is 2.22. The molecular weight excluding hydrogens is 372 g/mol. The first kappa shape index (κ1) is 20.6. The van der Waals surface area contributed by atoms with Crippen LogP contribution < -0.4 is 0 Å². The van der Waals surface area contributed by atoms with Crippen molar-refractivity contribution in [2.75, 3.05) is 26.2 Å². The maximum absolute atomic E-state index is 13.2. The molecule has 0 bridgehead atoms. The zero-order valence-electron chi connectivity index (χ0n) is 18.6. The van der Waals surface area contributed by atoms with Gasteiger partial charge in [0, 0.05) is 45.2 Å². The number of aryl methyl sites for hydroxylation is 1. The Labute approximate surface area is 179 Å². The minimum absolute atomic E-state index is 0.0638. The van der Waals surface area contributed by atoms with Gasteiger partial charge in [0.05, 0.1) is 5.69 Å². The summed E-state index contributed by atoms with van der Waals surface area (Å²) < 4.78 is 1.74. The van der Waals surface area contributed by atoms with Crippen molar-refractivity contribution in [1.82, 2.24) is 19.6 Å². The molecule has 0 atom stereocenters. The molecule has 1 saturated heterocycles. The summed E-state index contributed by atoms with van der Waals surface area (Å²) >= 11 is 0. The number of nitrogens with zero attached hydrogens (tertiary/aromatic N) is 4. The average molecular weight is 405 g/mol. The van der Waals surface area contributed by atoms with Crippen molar-refractivity contribution in [1.29, 1.82) is 0 Å². The first-order valence-electron chi connectivity index (χ1n) is 10.8. The summed E-state index contributed by atoms with van der Waals surface area (Å²) in [6.45, 7) is 10.7. The third-order valence-corrected chi connectivity index (χ3v) is 5.96. The van der Waals surface area contributed by atoms with Gasteiger partial charge in [0.2, 0.25) is 0 Å². The molecule has 1 amide bonds.